The quantitative estimate of drug-likeness (QED) is 0.788. The van der Waals surface area contributed by atoms with E-state index < -0.39 is 0 Å². The van der Waals surface area contributed by atoms with Crippen LogP contribution in [0.2, 0.25) is 0 Å². The molecular weight excluding hydrogens is 290 g/mol. The molecule has 0 spiro atoms. The monoisotopic (exact) mass is 309 g/mol. The fraction of sp³-hybridized carbons (Fsp3) is 0.333. The molecule has 1 aliphatic carbocycles. The van der Waals surface area contributed by atoms with Crippen molar-refractivity contribution >= 4 is 16.9 Å². The molecule has 3 aromatic rings. The van der Waals surface area contributed by atoms with E-state index in [2.05, 4.69) is 20.9 Å². The van der Waals surface area contributed by atoms with Crippen molar-refractivity contribution in [2.75, 3.05) is 6.54 Å². The Balaban J connectivity index is 1.35. The molecule has 5 heteroatoms. The van der Waals surface area contributed by atoms with Crippen LogP contribution in [0.5, 0.6) is 0 Å². The first-order chi connectivity index (χ1) is 11.2. The van der Waals surface area contributed by atoms with Crippen molar-refractivity contribution in [3.05, 3.63) is 54.2 Å². The number of benzene rings is 1. The molecule has 23 heavy (non-hydrogen) atoms. The molecular formula is C18H19N3O2. The molecule has 0 saturated heterocycles. The van der Waals surface area contributed by atoms with Gasteiger partial charge in [0, 0.05) is 24.9 Å². The van der Waals surface area contributed by atoms with Crippen molar-refractivity contribution < 1.29 is 9.21 Å². The van der Waals surface area contributed by atoms with Gasteiger partial charge in [-0.3, -0.25) is 4.79 Å². The lowest BCUT2D eigenvalue weighted by Crippen LogP contribution is -2.29. The average molecular weight is 309 g/mol. The number of imidazole rings is 1. The lowest BCUT2D eigenvalue weighted by atomic mass is 10.2. The summed E-state index contributed by atoms with van der Waals surface area (Å²) in [6.45, 7) is 3.34. The minimum Gasteiger partial charge on any atom is -0.469 e. The van der Waals surface area contributed by atoms with Crippen molar-refractivity contribution in [2.45, 2.75) is 25.8 Å². The number of para-hydroxylation sites is 2. The number of furan rings is 1. The highest BCUT2D eigenvalue weighted by atomic mass is 16.3. The maximum absolute atomic E-state index is 12.2. The van der Waals surface area contributed by atoms with Crippen LogP contribution in [0, 0.1) is 12.8 Å². The van der Waals surface area contributed by atoms with Gasteiger partial charge >= 0.3 is 0 Å². The van der Waals surface area contributed by atoms with E-state index in [0.29, 0.717) is 6.54 Å². The first-order valence-electron chi connectivity index (χ1n) is 7.97. The fourth-order valence-electron chi connectivity index (χ4n) is 3.20. The molecule has 1 amide bonds. The Kier molecular flexibility index (Phi) is 3.41. The number of carbonyl (C=O) groups excluding carboxylic acids is 1. The van der Waals surface area contributed by atoms with Crippen LogP contribution >= 0.6 is 0 Å². The standard InChI is InChI=1S/C18H19N3O2/c1-12-20-15-5-2-3-6-16(15)21(12)9-8-19-18(22)14-11-13(14)17-7-4-10-23-17/h2-7,10,13-14H,8-9,11H2,1H3,(H,19,22)/t13-,14+/m1/s1. The SMILES string of the molecule is Cc1nc2ccccc2n1CCNC(=O)[C@H]1C[C@H]1c1ccco1. The number of hydrogen-bond acceptors (Lipinski definition) is 3. The van der Waals surface area contributed by atoms with E-state index in [-0.39, 0.29) is 17.7 Å². The van der Waals surface area contributed by atoms with Crippen LogP contribution in [0.4, 0.5) is 0 Å². The second kappa shape index (κ2) is 5.57. The van der Waals surface area contributed by atoms with Gasteiger partial charge in [0.2, 0.25) is 5.91 Å². The summed E-state index contributed by atoms with van der Waals surface area (Å²) in [6.07, 6.45) is 2.54. The van der Waals surface area contributed by atoms with Crippen LogP contribution in [-0.4, -0.2) is 22.0 Å². The van der Waals surface area contributed by atoms with Crippen molar-refractivity contribution in [1.82, 2.24) is 14.9 Å². The number of nitrogens with zero attached hydrogens (tertiary/aromatic N) is 2. The zero-order valence-electron chi connectivity index (χ0n) is 13.0. The smallest absolute Gasteiger partial charge is 0.223 e. The molecule has 1 aliphatic rings. The molecule has 0 radical (unpaired) electrons. The largest absolute Gasteiger partial charge is 0.469 e. The molecule has 1 aromatic carbocycles. The maximum atomic E-state index is 12.2. The van der Waals surface area contributed by atoms with Gasteiger partial charge in [-0.25, -0.2) is 4.98 Å². The Morgan fingerprint density at radius 3 is 3.04 bits per heavy atom. The van der Waals surface area contributed by atoms with Gasteiger partial charge in [0.05, 0.1) is 17.3 Å². The van der Waals surface area contributed by atoms with Crippen molar-refractivity contribution in [1.29, 1.82) is 0 Å². The summed E-state index contributed by atoms with van der Waals surface area (Å²) in [5, 5.41) is 3.04. The molecule has 1 fully saturated rings. The van der Waals surface area contributed by atoms with Gasteiger partial charge in [-0.15, -0.1) is 0 Å². The van der Waals surface area contributed by atoms with Crippen LogP contribution in [0.3, 0.4) is 0 Å². The Labute approximate surface area is 134 Å². The van der Waals surface area contributed by atoms with E-state index in [1.165, 1.54) is 0 Å². The Bertz CT molecular complexity index is 835. The number of amides is 1. The number of fused-ring (bicyclic) bond motifs is 1. The van der Waals surface area contributed by atoms with Crippen LogP contribution in [-0.2, 0) is 11.3 Å². The lowest BCUT2D eigenvalue weighted by molar-refractivity contribution is -0.122. The van der Waals surface area contributed by atoms with Crippen LogP contribution < -0.4 is 5.32 Å². The third-order valence-corrected chi connectivity index (χ3v) is 4.52. The van der Waals surface area contributed by atoms with Gasteiger partial charge in [0.15, 0.2) is 0 Å². The highest BCUT2D eigenvalue weighted by Crippen LogP contribution is 2.47. The molecule has 1 N–H and O–H groups in total. The predicted octanol–water partition coefficient (Wildman–Crippen LogP) is 2.86. The Morgan fingerprint density at radius 2 is 2.22 bits per heavy atom. The molecule has 5 nitrogen and oxygen atoms in total. The topological polar surface area (TPSA) is 60.1 Å². The summed E-state index contributed by atoms with van der Waals surface area (Å²) in [6, 6.07) is 11.9. The number of aromatic nitrogens is 2. The number of rotatable bonds is 5. The van der Waals surface area contributed by atoms with E-state index in [4.69, 9.17) is 4.42 Å². The first-order valence-corrected chi connectivity index (χ1v) is 7.97. The maximum Gasteiger partial charge on any atom is 0.223 e. The molecule has 0 aliphatic heterocycles. The van der Waals surface area contributed by atoms with E-state index in [9.17, 15) is 4.79 Å². The van der Waals surface area contributed by atoms with Gasteiger partial charge in [0.25, 0.3) is 0 Å². The predicted molar refractivity (Wildman–Crippen MR) is 87.0 cm³/mol. The fourth-order valence-corrected chi connectivity index (χ4v) is 3.20. The number of hydrogen-bond donors (Lipinski definition) is 1. The molecule has 0 bridgehead atoms. The van der Waals surface area contributed by atoms with E-state index in [1.807, 2.05) is 37.3 Å². The van der Waals surface area contributed by atoms with Crippen LogP contribution in [0.15, 0.2) is 47.1 Å². The van der Waals surface area contributed by atoms with Gasteiger partial charge in [-0.1, -0.05) is 12.1 Å². The minimum absolute atomic E-state index is 0.0572. The van der Waals surface area contributed by atoms with Gasteiger partial charge < -0.3 is 14.3 Å². The average Bonchev–Trinajstić information content (AvgIpc) is 3.03. The molecule has 2 atom stereocenters. The summed E-state index contributed by atoms with van der Waals surface area (Å²) in [5.74, 6) is 2.32. The third-order valence-electron chi connectivity index (χ3n) is 4.52. The second-order valence-electron chi connectivity index (χ2n) is 6.05. The summed E-state index contributed by atoms with van der Waals surface area (Å²) in [4.78, 5) is 16.8. The third kappa shape index (κ3) is 2.63. The lowest BCUT2D eigenvalue weighted by Gasteiger charge is -2.08. The van der Waals surface area contributed by atoms with Gasteiger partial charge in [-0.2, -0.15) is 0 Å². The Hall–Kier alpha value is -2.56. The number of nitrogens with one attached hydrogen (secondary N) is 1. The van der Waals surface area contributed by atoms with Crippen LogP contribution in [0.25, 0.3) is 11.0 Å². The van der Waals surface area contributed by atoms with Gasteiger partial charge in [0.1, 0.15) is 11.6 Å². The second-order valence-corrected chi connectivity index (χ2v) is 6.05. The number of carbonyl (C=O) groups is 1. The molecule has 1 saturated carbocycles. The van der Waals surface area contributed by atoms with E-state index in [1.54, 1.807) is 6.26 Å². The molecule has 2 aromatic heterocycles. The Morgan fingerprint density at radius 1 is 1.35 bits per heavy atom. The summed E-state index contributed by atoms with van der Waals surface area (Å²) in [5.41, 5.74) is 2.11. The van der Waals surface area contributed by atoms with Crippen LogP contribution in [0.1, 0.15) is 23.9 Å². The highest BCUT2D eigenvalue weighted by Gasteiger charge is 2.45. The summed E-state index contributed by atoms with van der Waals surface area (Å²) >= 11 is 0. The minimum atomic E-state index is 0.0572. The molecule has 4 rings (SSSR count). The van der Waals surface area contributed by atoms with Crippen molar-refractivity contribution in [3.63, 3.8) is 0 Å². The zero-order chi connectivity index (χ0) is 15.8. The van der Waals surface area contributed by atoms with Crippen molar-refractivity contribution in [2.24, 2.45) is 5.92 Å². The van der Waals surface area contributed by atoms with E-state index in [0.717, 1.165) is 35.6 Å². The van der Waals surface area contributed by atoms with E-state index >= 15 is 0 Å². The molecule has 118 valence electrons. The van der Waals surface area contributed by atoms with Crippen molar-refractivity contribution in [3.8, 4) is 0 Å². The van der Waals surface area contributed by atoms with Gasteiger partial charge in [-0.05, 0) is 37.6 Å². The molecule has 0 unspecified atom stereocenters. The zero-order valence-corrected chi connectivity index (χ0v) is 13.0. The number of aryl methyl sites for hydroxylation is 1. The normalized spacial score (nSPS) is 19.9. The first kappa shape index (κ1) is 14.1. The summed E-state index contributed by atoms with van der Waals surface area (Å²) < 4.78 is 7.52. The molecule has 2 heterocycles. The summed E-state index contributed by atoms with van der Waals surface area (Å²) in [7, 11) is 0. The highest BCUT2D eigenvalue weighted by molar-refractivity contribution is 5.82.